The van der Waals surface area contributed by atoms with E-state index >= 15 is 0 Å². The monoisotopic (exact) mass is 519 g/mol. The highest BCUT2D eigenvalue weighted by Gasteiger charge is 2.21. The minimum atomic E-state index is -4.27. The maximum Gasteiger partial charge on any atom is 0.266 e. The van der Waals surface area contributed by atoms with E-state index in [-0.39, 0.29) is 4.90 Å². The Morgan fingerprint density at radius 3 is 2.31 bits per heavy atom. The van der Waals surface area contributed by atoms with E-state index in [1.807, 2.05) is 30.4 Å². The van der Waals surface area contributed by atoms with Crippen molar-refractivity contribution >= 4 is 43.3 Å². The van der Waals surface area contributed by atoms with Crippen molar-refractivity contribution in [2.24, 2.45) is 0 Å². The quantitative estimate of drug-likeness (QED) is 0.227. The molecule has 1 aliphatic heterocycles. The van der Waals surface area contributed by atoms with E-state index < -0.39 is 10.1 Å². The van der Waals surface area contributed by atoms with Gasteiger partial charge in [0.25, 0.3) is 5.01 Å². The molecule has 0 aliphatic carbocycles. The van der Waals surface area contributed by atoms with Gasteiger partial charge in [-0.15, -0.1) is 0 Å². The maximum absolute atomic E-state index is 10.4. The van der Waals surface area contributed by atoms with Crippen LogP contribution in [0.25, 0.3) is 21.9 Å². The molecule has 186 valence electrons. The molecule has 0 atom stereocenters. The Labute approximate surface area is 216 Å². The van der Waals surface area contributed by atoms with E-state index in [1.54, 1.807) is 12.1 Å². The highest BCUT2D eigenvalue weighted by molar-refractivity contribution is 7.85. The second-order valence-electron chi connectivity index (χ2n) is 8.83. The van der Waals surface area contributed by atoms with Gasteiger partial charge in [-0.3, -0.25) is 0 Å². The van der Waals surface area contributed by atoms with Gasteiger partial charge in [-0.25, -0.2) is 8.42 Å². The molecule has 0 unspecified atom stereocenters. The smallest absolute Gasteiger partial charge is 0.266 e. The number of aromatic nitrogens is 1. The predicted octanol–water partition coefficient (Wildman–Crippen LogP) is 6.56. The number of rotatable bonds is 3. The molecule has 4 aromatic rings. The van der Waals surface area contributed by atoms with Gasteiger partial charge in [0.05, 0.1) is 11.0 Å². The van der Waals surface area contributed by atoms with Gasteiger partial charge in [0, 0.05) is 11.6 Å². The minimum Gasteiger partial charge on any atom is -0.744 e. The molecule has 5 nitrogen and oxygen atoms in total. The second-order valence-corrected chi connectivity index (χ2v) is 11.3. The fourth-order valence-corrected chi connectivity index (χ4v) is 5.73. The predicted molar refractivity (Wildman–Crippen MR) is 145 cm³/mol. The molecule has 36 heavy (non-hydrogen) atoms. The Balaban J connectivity index is 0.000000233. The van der Waals surface area contributed by atoms with Crippen molar-refractivity contribution in [3.63, 3.8) is 0 Å². The van der Waals surface area contributed by atoms with E-state index in [0.717, 1.165) is 23.6 Å². The lowest BCUT2D eigenvalue weighted by Crippen LogP contribution is -2.33. The largest absolute Gasteiger partial charge is 0.744 e. The van der Waals surface area contributed by atoms with Crippen LogP contribution in [-0.2, 0) is 16.7 Å². The molecule has 0 saturated heterocycles. The average Bonchev–Trinajstić information content (AvgIpc) is 3.15. The summed E-state index contributed by atoms with van der Waals surface area (Å²) in [5, 5.41) is 1.22. The number of para-hydroxylation sites is 1. The molecule has 2 heterocycles. The second kappa shape index (κ2) is 10.4. The summed E-state index contributed by atoms with van der Waals surface area (Å²) in [6, 6.07) is 18.6. The van der Waals surface area contributed by atoms with Gasteiger partial charge in [0.1, 0.15) is 32.9 Å². The first-order valence-electron chi connectivity index (χ1n) is 11.7. The first-order chi connectivity index (χ1) is 17.1. The number of fused-ring (bicyclic) bond motifs is 2. The van der Waals surface area contributed by atoms with Crippen molar-refractivity contribution in [2.45, 2.75) is 46.1 Å². The highest BCUT2D eigenvalue weighted by atomic mass is 32.2. The van der Waals surface area contributed by atoms with Crippen molar-refractivity contribution in [2.75, 3.05) is 0 Å². The summed E-state index contributed by atoms with van der Waals surface area (Å²) in [5.74, 6) is 1.84. The number of hydrogen-bond donors (Lipinski definition) is 0. The number of nitrogens with zero attached hydrogens (tertiary/aromatic N) is 1. The normalized spacial score (nSPS) is 14.1. The number of thiazole rings is 1. The van der Waals surface area contributed by atoms with Crippen LogP contribution in [0.2, 0.25) is 0 Å². The lowest BCUT2D eigenvalue weighted by molar-refractivity contribution is -0.665. The molecule has 0 fully saturated rings. The van der Waals surface area contributed by atoms with Crippen molar-refractivity contribution in [1.82, 2.24) is 0 Å². The van der Waals surface area contributed by atoms with E-state index in [1.165, 1.54) is 49.6 Å². The third-order valence-electron chi connectivity index (χ3n) is 6.14. The number of benzene rings is 3. The first-order valence-corrected chi connectivity index (χ1v) is 13.9. The van der Waals surface area contributed by atoms with Crippen LogP contribution >= 0.6 is 11.3 Å². The summed E-state index contributed by atoms with van der Waals surface area (Å²) in [7, 11) is -4.27. The lowest BCUT2D eigenvalue weighted by Gasteiger charge is -2.17. The fourth-order valence-electron chi connectivity index (χ4n) is 4.01. The molecule has 1 aromatic heterocycles. The van der Waals surface area contributed by atoms with E-state index in [0.29, 0.717) is 0 Å². The molecule has 0 bridgehead atoms. The topological polar surface area (TPSA) is 70.3 Å². The van der Waals surface area contributed by atoms with Crippen LogP contribution in [0.4, 0.5) is 0 Å². The highest BCUT2D eigenvalue weighted by Crippen LogP contribution is 2.34. The lowest BCUT2D eigenvalue weighted by atomic mass is 10.0. The van der Waals surface area contributed by atoms with Gasteiger partial charge in [-0.1, -0.05) is 47.2 Å². The zero-order valence-electron chi connectivity index (χ0n) is 21.0. The summed E-state index contributed by atoms with van der Waals surface area (Å²) in [4.78, 5) is -0.178. The van der Waals surface area contributed by atoms with Gasteiger partial charge < -0.3 is 9.29 Å². The third kappa shape index (κ3) is 5.59. The molecule has 5 rings (SSSR count). The zero-order chi connectivity index (χ0) is 26.0. The average molecular weight is 520 g/mol. The van der Waals surface area contributed by atoms with Crippen LogP contribution in [0.3, 0.4) is 0 Å². The van der Waals surface area contributed by atoms with Gasteiger partial charge in [0.15, 0.2) is 0 Å². The molecular formula is C29H29NO4S2. The zero-order valence-corrected chi connectivity index (χ0v) is 22.7. The number of allylic oxidation sites excluding steroid dienone is 2. The molecular weight excluding hydrogens is 490 g/mol. The van der Waals surface area contributed by atoms with Crippen molar-refractivity contribution in [1.29, 1.82) is 0 Å². The minimum absolute atomic E-state index is 0.178. The van der Waals surface area contributed by atoms with Gasteiger partial charge in [-0.2, -0.15) is 4.57 Å². The first kappa shape index (κ1) is 25.8. The Morgan fingerprint density at radius 1 is 0.972 bits per heavy atom. The standard InChI is InChI=1S/C22H22NOS.C7H8O3S/c1-5-23-19-11-14(2)15(3)12-21(19)25-22(23)13-17-10-16(4)18-8-6-7-9-20(18)24-17;1-6-2-4-7(5-3-6)11(8,9)10/h6-13H,5H2,1-4H3;2-5H,1H3,(H,8,9,10)/q+1;/p-1. The van der Waals surface area contributed by atoms with Crippen LogP contribution in [0.1, 0.15) is 41.1 Å². The van der Waals surface area contributed by atoms with Crippen LogP contribution in [0, 0.1) is 20.8 Å². The van der Waals surface area contributed by atoms with Gasteiger partial charge >= 0.3 is 0 Å². The van der Waals surface area contributed by atoms with Crippen molar-refractivity contribution in [3.8, 4) is 5.75 Å². The van der Waals surface area contributed by atoms with Gasteiger partial charge in [-0.05, 0) is 81.7 Å². The maximum atomic E-state index is 10.4. The molecule has 0 saturated carbocycles. The van der Waals surface area contributed by atoms with Crippen molar-refractivity contribution < 1.29 is 22.3 Å². The van der Waals surface area contributed by atoms with Gasteiger partial charge in [0.2, 0.25) is 5.52 Å². The van der Waals surface area contributed by atoms with Crippen LogP contribution in [0.5, 0.6) is 5.75 Å². The van der Waals surface area contributed by atoms with E-state index in [2.05, 4.69) is 68.7 Å². The van der Waals surface area contributed by atoms with E-state index in [4.69, 9.17) is 4.74 Å². The SMILES string of the molecule is CC[n+]1c(C=C2C=C(C)c3ccccc3O2)sc2cc(C)c(C)cc21.Cc1ccc(S(=O)(=O)[O-])cc1. The van der Waals surface area contributed by atoms with Crippen LogP contribution < -0.4 is 9.30 Å². The van der Waals surface area contributed by atoms with Crippen molar-refractivity contribution in [3.05, 3.63) is 99.8 Å². The third-order valence-corrected chi connectivity index (χ3v) is 8.08. The van der Waals surface area contributed by atoms with Crippen LogP contribution in [0.15, 0.2) is 77.4 Å². The molecule has 3 aromatic carbocycles. The Hall–Kier alpha value is -3.26. The summed E-state index contributed by atoms with van der Waals surface area (Å²) >= 11 is 1.82. The summed E-state index contributed by atoms with van der Waals surface area (Å²) in [6.45, 7) is 11.5. The molecule has 0 N–H and O–H groups in total. The molecule has 0 amide bonds. The van der Waals surface area contributed by atoms with E-state index in [9.17, 15) is 13.0 Å². The molecule has 1 aliphatic rings. The molecule has 0 radical (unpaired) electrons. The molecule has 7 heteroatoms. The Morgan fingerprint density at radius 2 is 1.64 bits per heavy atom. The summed E-state index contributed by atoms with van der Waals surface area (Å²) < 4.78 is 41.0. The summed E-state index contributed by atoms with van der Waals surface area (Å²) in [6.07, 6.45) is 4.29. The number of aryl methyl sites for hydroxylation is 4. The Bertz CT molecular complexity index is 1590. The fraction of sp³-hybridized carbons (Fsp3) is 0.207. The van der Waals surface area contributed by atoms with Crippen LogP contribution in [-0.4, -0.2) is 13.0 Å². The molecule has 0 spiro atoms. The summed E-state index contributed by atoms with van der Waals surface area (Å²) in [5.41, 5.74) is 7.33. The Kier molecular flexibility index (Phi) is 7.45. The number of hydrogen-bond acceptors (Lipinski definition) is 5. The number of ether oxygens (including phenoxy) is 1.